The van der Waals surface area contributed by atoms with Crippen LogP contribution in [0.5, 0.6) is 5.75 Å². The van der Waals surface area contributed by atoms with Crippen molar-refractivity contribution in [2.45, 2.75) is 49.6 Å². The topological polar surface area (TPSA) is 62.7 Å². The smallest absolute Gasteiger partial charge is 0.303 e. The van der Waals surface area contributed by atoms with E-state index in [0.29, 0.717) is 65.2 Å². The lowest BCUT2D eigenvalue weighted by atomic mass is 9.71. The molecule has 1 fully saturated rings. The summed E-state index contributed by atoms with van der Waals surface area (Å²) in [5, 5.41) is 10.5. The molecule has 5 nitrogen and oxygen atoms in total. The first kappa shape index (κ1) is 29.5. The maximum atomic E-state index is 15.7. The fourth-order valence-electron chi connectivity index (χ4n) is 5.34. The van der Waals surface area contributed by atoms with Crippen molar-refractivity contribution < 1.29 is 27.8 Å². The molecule has 1 atom stereocenters. The molecule has 0 aliphatic carbocycles. The maximum absolute atomic E-state index is 15.7. The minimum absolute atomic E-state index is 0.0130. The highest BCUT2D eigenvalue weighted by atomic mass is 35.5. The molecule has 1 aromatic heterocycles. The van der Waals surface area contributed by atoms with Crippen LogP contribution >= 0.6 is 23.4 Å². The Morgan fingerprint density at radius 1 is 1.26 bits per heavy atom. The molecule has 1 N–H and O–H groups in total. The van der Waals surface area contributed by atoms with E-state index in [1.165, 1.54) is 31.1 Å². The SMILES string of the molecule is COc1ccc2ncc(Cl)c([C@H](F)CCC3(CC(=O)O)CCN(CCCSc4cccc(F)c4F)CC3)c2c1. The molecule has 0 radical (unpaired) electrons. The third-order valence-electron chi connectivity index (χ3n) is 7.54. The number of aliphatic carboxylic acids is 1. The van der Waals surface area contributed by atoms with Crippen molar-refractivity contribution in [1.29, 1.82) is 0 Å². The van der Waals surface area contributed by atoms with Gasteiger partial charge in [0.25, 0.3) is 0 Å². The number of halogens is 4. The normalized spacial score (nSPS) is 16.3. The van der Waals surface area contributed by atoms with Crippen molar-refractivity contribution in [3.05, 3.63) is 64.8 Å². The molecule has 0 spiro atoms. The van der Waals surface area contributed by atoms with Crippen LogP contribution in [0.4, 0.5) is 13.2 Å². The van der Waals surface area contributed by atoms with Gasteiger partial charge in [0.15, 0.2) is 11.6 Å². The van der Waals surface area contributed by atoms with Gasteiger partial charge < -0.3 is 14.7 Å². The van der Waals surface area contributed by atoms with Crippen LogP contribution in [-0.4, -0.2) is 53.5 Å². The first-order valence-corrected chi connectivity index (χ1v) is 14.3. The van der Waals surface area contributed by atoms with E-state index >= 15 is 4.39 Å². The minimum Gasteiger partial charge on any atom is -0.497 e. The number of fused-ring (bicyclic) bond motifs is 1. The molecule has 1 aliphatic rings. The standard InChI is InChI=1S/C29H32ClF3N2O3S/c1-38-19-6-7-24-20(16-19)27(21(30)18-34-24)22(31)8-9-29(17-26(36)37)10-13-35(14-11-29)12-3-15-39-25-5-2-4-23(32)28(25)33/h2,4-7,16,18,22H,3,8-15,17H2,1H3,(H,36,37)/t22-/m1/s1. The molecule has 2 aromatic carbocycles. The number of pyridine rings is 1. The van der Waals surface area contributed by atoms with E-state index in [4.69, 9.17) is 16.3 Å². The first-order valence-electron chi connectivity index (χ1n) is 13.0. The van der Waals surface area contributed by atoms with Crippen LogP contribution < -0.4 is 4.74 Å². The van der Waals surface area contributed by atoms with Gasteiger partial charge in [-0.25, -0.2) is 13.2 Å². The molecule has 1 saturated heterocycles. The van der Waals surface area contributed by atoms with Crippen LogP contribution in [0.2, 0.25) is 5.02 Å². The molecule has 4 rings (SSSR count). The molecule has 0 amide bonds. The van der Waals surface area contributed by atoms with Crippen molar-refractivity contribution in [3.8, 4) is 5.75 Å². The van der Waals surface area contributed by atoms with Crippen LogP contribution in [0.3, 0.4) is 0 Å². The summed E-state index contributed by atoms with van der Waals surface area (Å²) in [6.07, 6.45) is 2.72. The molecule has 0 saturated carbocycles. The maximum Gasteiger partial charge on any atom is 0.303 e. The van der Waals surface area contributed by atoms with Crippen LogP contribution in [0.15, 0.2) is 47.5 Å². The summed E-state index contributed by atoms with van der Waals surface area (Å²) in [5.41, 5.74) is 0.472. The third kappa shape index (κ3) is 7.38. The van der Waals surface area contributed by atoms with Gasteiger partial charge in [-0.05, 0) is 93.2 Å². The van der Waals surface area contributed by atoms with E-state index in [0.717, 1.165) is 19.0 Å². The number of methoxy groups -OCH3 is 1. The Kier molecular flexibility index (Phi) is 10.0. The number of carboxylic acid groups (broad SMARTS) is 1. The lowest BCUT2D eigenvalue weighted by molar-refractivity contribution is -0.141. The van der Waals surface area contributed by atoms with Gasteiger partial charge in [0.2, 0.25) is 0 Å². The third-order valence-corrected chi connectivity index (χ3v) is 8.97. The largest absolute Gasteiger partial charge is 0.497 e. The monoisotopic (exact) mass is 580 g/mol. The molecule has 3 aromatic rings. The number of likely N-dealkylation sites (tertiary alicyclic amines) is 1. The molecule has 0 unspecified atom stereocenters. The Hall–Kier alpha value is -2.49. The van der Waals surface area contributed by atoms with Gasteiger partial charge in [-0.15, -0.1) is 11.8 Å². The molecule has 210 valence electrons. The molecule has 39 heavy (non-hydrogen) atoms. The molecular weight excluding hydrogens is 549 g/mol. The number of thioether (sulfide) groups is 1. The zero-order valence-electron chi connectivity index (χ0n) is 21.8. The number of carboxylic acids is 1. The van der Waals surface area contributed by atoms with E-state index in [1.54, 1.807) is 24.3 Å². The number of nitrogens with zero attached hydrogens (tertiary/aromatic N) is 2. The summed E-state index contributed by atoms with van der Waals surface area (Å²) in [5.74, 6) is -1.32. The molecule has 10 heteroatoms. The highest BCUT2D eigenvalue weighted by molar-refractivity contribution is 7.99. The van der Waals surface area contributed by atoms with Crippen LogP contribution in [0.1, 0.15) is 50.3 Å². The first-order chi connectivity index (χ1) is 18.7. The minimum atomic E-state index is -1.38. The number of carbonyl (C=O) groups is 1. The number of hydrogen-bond acceptors (Lipinski definition) is 5. The molecule has 0 bridgehead atoms. The number of benzene rings is 2. The quantitative estimate of drug-likeness (QED) is 0.175. The predicted molar refractivity (Wildman–Crippen MR) is 148 cm³/mol. The van der Waals surface area contributed by atoms with Gasteiger partial charge in [-0.3, -0.25) is 9.78 Å². The number of piperidine rings is 1. The fourth-order valence-corrected chi connectivity index (χ4v) is 6.50. The Morgan fingerprint density at radius 2 is 2.03 bits per heavy atom. The summed E-state index contributed by atoms with van der Waals surface area (Å²) in [4.78, 5) is 18.6. The van der Waals surface area contributed by atoms with Gasteiger partial charge in [0.1, 0.15) is 11.9 Å². The van der Waals surface area contributed by atoms with E-state index in [9.17, 15) is 18.7 Å². The average molecular weight is 581 g/mol. The second-order valence-corrected chi connectivity index (χ2v) is 11.6. The number of hydrogen-bond donors (Lipinski definition) is 1. The number of alkyl halides is 1. The lowest BCUT2D eigenvalue weighted by Gasteiger charge is -2.41. The van der Waals surface area contributed by atoms with Crippen LogP contribution in [0, 0.1) is 17.0 Å². The Labute approximate surface area is 235 Å². The second kappa shape index (κ2) is 13.2. The highest BCUT2D eigenvalue weighted by Crippen LogP contribution is 2.44. The molecule has 1 aliphatic heterocycles. The number of rotatable bonds is 12. The van der Waals surface area contributed by atoms with Crippen molar-refractivity contribution in [1.82, 2.24) is 9.88 Å². The average Bonchev–Trinajstić information content (AvgIpc) is 2.92. The zero-order chi connectivity index (χ0) is 28.0. The number of ether oxygens (including phenoxy) is 1. The summed E-state index contributed by atoms with van der Waals surface area (Å²) in [6.45, 7) is 2.19. The van der Waals surface area contributed by atoms with Crippen molar-refractivity contribution >= 4 is 40.2 Å². The van der Waals surface area contributed by atoms with E-state index in [-0.39, 0.29) is 17.9 Å². The molecular formula is C29H32ClF3N2O3S. The van der Waals surface area contributed by atoms with Crippen LogP contribution in [-0.2, 0) is 4.79 Å². The summed E-state index contributed by atoms with van der Waals surface area (Å²) >= 11 is 7.67. The number of aromatic nitrogens is 1. The van der Waals surface area contributed by atoms with E-state index < -0.39 is 29.2 Å². The lowest BCUT2D eigenvalue weighted by Crippen LogP contribution is -2.41. The summed E-state index contributed by atoms with van der Waals surface area (Å²) in [6, 6.07) is 9.41. The summed E-state index contributed by atoms with van der Waals surface area (Å²) in [7, 11) is 1.54. The molecule has 2 heterocycles. The summed E-state index contributed by atoms with van der Waals surface area (Å²) < 4.78 is 48.3. The van der Waals surface area contributed by atoms with Gasteiger partial charge in [0, 0.05) is 22.0 Å². The zero-order valence-corrected chi connectivity index (χ0v) is 23.3. The van der Waals surface area contributed by atoms with Gasteiger partial charge >= 0.3 is 5.97 Å². The van der Waals surface area contributed by atoms with Gasteiger partial charge in [-0.2, -0.15) is 0 Å². The van der Waals surface area contributed by atoms with E-state index in [1.807, 2.05) is 0 Å². The van der Waals surface area contributed by atoms with E-state index in [2.05, 4.69) is 9.88 Å². The Morgan fingerprint density at radius 3 is 2.74 bits per heavy atom. The van der Waals surface area contributed by atoms with Crippen LogP contribution in [0.25, 0.3) is 10.9 Å². The van der Waals surface area contributed by atoms with Crippen molar-refractivity contribution in [2.24, 2.45) is 5.41 Å². The Bertz CT molecular complexity index is 1300. The van der Waals surface area contributed by atoms with Crippen molar-refractivity contribution in [2.75, 3.05) is 32.5 Å². The van der Waals surface area contributed by atoms with Gasteiger partial charge in [-0.1, -0.05) is 17.7 Å². The predicted octanol–water partition coefficient (Wildman–Crippen LogP) is 7.71. The highest BCUT2D eigenvalue weighted by Gasteiger charge is 2.37. The van der Waals surface area contributed by atoms with Crippen molar-refractivity contribution in [3.63, 3.8) is 0 Å². The second-order valence-electron chi connectivity index (χ2n) is 10.1. The Balaban J connectivity index is 1.35. The fraction of sp³-hybridized carbons (Fsp3) is 0.448. The van der Waals surface area contributed by atoms with Gasteiger partial charge in [0.05, 0.1) is 24.1 Å².